The van der Waals surface area contributed by atoms with Crippen LogP contribution in [0.15, 0.2) is 22.6 Å². The molecule has 0 fully saturated rings. The minimum absolute atomic E-state index is 0.569. The molecule has 3 heteroatoms. The second kappa shape index (κ2) is 2.52. The third-order valence-corrected chi connectivity index (χ3v) is 1.83. The number of hydrogen-bond acceptors (Lipinski definition) is 3. The summed E-state index contributed by atoms with van der Waals surface area (Å²) in [7, 11) is 1.79. The Balaban J connectivity index is 2.74. The summed E-state index contributed by atoms with van der Waals surface area (Å²) in [5.41, 5.74) is 2.88. The van der Waals surface area contributed by atoms with Crippen LogP contribution in [0.1, 0.15) is 5.56 Å². The highest BCUT2D eigenvalue weighted by Gasteiger charge is 2.04. The molecule has 0 radical (unpaired) electrons. The Kier molecular flexibility index (Phi) is 1.50. The van der Waals surface area contributed by atoms with Crippen LogP contribution in [0.3, 0.4) is 0 Å². The number of anilines is 1. The van der Waals surface area contributed by atoms with Crippen molar-refractivity contribution in [2.24, 2.45) is 0 Å². The van der Waals surface area contributed by atoms with Gasteiger partial charge in [-0.05, 0) is 18.6 Å². The van der Waals surface area contributed by atoms with Gasteiger partial charge in [-0.15, -0.1) is 0 Å². The van der Waals surface area contributed by atoms with Crippen molar-refractivity contribution in [3.8, 4) is 0 Å². The number of oxazole rings is 1. The summed E-state index contributed by atoms with van der Waals surface area (Å²) in [6, 6.07) is 6.48. The van der Waals surface area contributed by atoms with Crippen LogP contribution in [-0.2, 0) is 0 Å². The molecule has 62 valence electrons. The first kappa shape index (κ1) is 7.16. The minimum Gasteiger partial charge on any atom is -0.423 e. The first-order valence-electron chi connectivity index (χ1n) is 3.85. The molecule has 2 rings (SSSR count). The van der Waals surface area contributed by atoms with Gasteiger partial charge in [0.2, 0.25) is 0 Å². The van der Waals surface area contributed by atoms with E-state index in [1.165, 1.54) is 0 Å². The van der Waals surface area contributed by atoms with Crippen LogP contribution in [0.2, 0.25) is 0 Å². The number of rotatable bonds is 1. The lowest BCUT2D eigenvalue weighted by Gasteiger charge is -1.89. The van der Waals surface area contributed by atoms with E-state index in [0.717, 1.165) is 16.7 Å². The Morgan fingerprint density at radius 1 is 1.42 bits per heavy atom. The summed E-state index contributed by atoms with van der Waals surface area (Å²) in [4.78, 5) is 4.21. The van der Waals surface area contributed by atoms with Crippen molar-refractivity contribution in [3.05, 3.63) is 23.8 Å². The highest BCUT2D eigenvalue weighted by Crippen LogP contribution is 2.21. The molecule has 1 heterocycles. The molecule has 0 aliphatic heterocycles. The number of nitrogens with zero attached hydrogens (tertiary/aromatic N) is 1. The maximum atomic E-state index is 5.43. The summed E-state index contributed by atoms with van der Waals surface area (Å²) >= 11 is 0. The van der Waals surface area contributed by atoms with Gasteiger partial charge in [0.15, 0.2) is 5.58 Å². The van der Waals surface area contributed by atoms with Gasteiger partial charge in [0.25, 0.3) is 6.01 Å². The van der Waals surface area contributed by atoms with Crippen molar-refractivity contribution in [1.82, 2.24) is 4.98 Å². The number of para-hydroxylation sites is 1. The van der Waals surface area contributed by atoms with E-state index >= 15 is 0 Å². The van der Waals surface area contributed by atoms with Crippen molar-refractivity contribution < 1.29 is 4.42 Å². The van der Waals surface area contributed by atoms with Gasteiger partial charge in [0.1, 0.15) is 5.52 Å². The maximum absolute atomic E-state index is 5.43. The lowest BCUT2D eigenvalue weighted by Crippen LogP contribution is -1.85. The Hall–Kier alpha value is -1.51. The fourth-order valence-electron chi connectivity index (χ4n) is 1.19. The molecule has 12 heavy (non-hydrogen) atoms. The molecule has 0 bridgehead atoms. The molecule has 2 aromatic rings. The van der Waals surface area contributed by atoms with Crippen LogP contribution in [-0.4, -0.2) is 12.0 Å². The average Bonchev–Trinajstić information content (AvgIpc) is 2.49. The molecule has 0 aliphatic carbocycles. The van der Waals surface area contributed by atoms with Crippen LogP contribution in [0.4, 0.5) is 6.01 Å². The number of hydrogen-bond donors (Lipinski definition) is 1. The van der Waals surface area contributed by atoms with Crippen molar-refractivity contribution in [2.75, 3.05) is 12.4 Å². The molecule has 0 aliphatic rings. The highest BCUT2D eigenvalue weighted by atomic mass is 16.4. The van der Waals surface area contributed by atoms with E-state index < -0.39 is 0 Å². The zero-order valence-electron chi connectivity index (χ0n) is 7.09. The number of aryl methyl sites for hydroxylation is 1. The van der Waals surface area contributed by atoms with E-state index in [2.05, 4.69) is 10.3 Å². The SMILES string of the molecule is CNc1nc2cccc(C)c2o1. The van der Waals surface area contributed by atoms with Crippen molar-refractivity contribution >= 4 is 17.1 Å². The fourth-order valence-corrected chi connectivity index (χ4v) is 1.19. The van der Waals surface area contributed by atoms with Crippen LogP contribution in [0.5, 0.6) is 0 Å². The summed E-state index contributed by atoms with van der Waals surface area (Å²) in [5, 5.41) is 2.87. The number of fused-ring (bicyclic) bond motifs is 1. The smallest absolute Gasteiger partial charge is 0.295 e. The van der Waals surface area contributed by atoms with Crippen LogP contribution >= 0.6 is 0 Å². The molecule has 0 unspecified atom stereocenters. The monoisotopic (exact) mass is 162 g/mol. The maximum Gasteiger partial charge on any atom is 0.295 e. The summed E-state index contributed by atoms with van der Waals surface area (Å²) in [6.45, 7) is 2.01. The Labute approximate surface area is 70.4 Å². The van der Waals surface area contributed by atoms with Crippen LogP contribution in [0.25, 0.3) is 11.1 Å². The lowest BCUT2D eigenvalue weighted by molar-refractivity contribution is 0.618. The summed E-state index contributed by atoms with van der Waals surface area (Å²) in [5.74, 6) is 0. The van der Waals surface area contributed by atoms with Gasteiger partial charge in [-0.1, -0.05) is 12.1 Å². The molecule has 0 amide bonds. The standard InChI is InChI=1S/C9H10N2O/c1-6-4-3-5-7-8(6)12-9(10-2)11-7/h3-5H,1-2H3,(H,10,11). The first-order valence-corrected chi connectivity index (χ1v) is 3.85. The molecule has 0 saturated carbocycles. The summed E-state index contributed by atoms with van der Waals surface area (Å²) in [6.07, 6.45) is 0. The lowest BCUT2D eigenvalue weighted by atomic mass is 10.2. The van der Waals surface area contributed by atoms with E-state index in [1.807, 2.05) is 25.1 Å². The normalized spacial score (nSPS) is 10.5. The van der Waals surface area contributed by atoms with Gasteiger partial charge in [-0.3, -0.25) is 0 Å². The fraction of sp³-hybridized carbons (Fsp3) is 0.222. The van der Waals surface area contributed by atoms with Crippen LogP contribution in [0, 0.1) is 6.92 Å². The Bertz CT molecular complexity index is 406. The van der Waals surface area contributed by atoms with Gasteiger partial charge in [0.05, 0.1) is 0 Å². The second-order valence-electron chi connectivity index (χ2n) is 2.69. The predicted molar refractivity (Wildman–Crippen MR) is 48.3 cm³/mol. The van der Waals surface area contributed by atoms with Crippen LogP contribution < -0.4 is 5.32 Å². The molecule has 0 saturated heterocycles. The average molecular weight is 162 g/mol. The molecule has 0 atom stereocenters. The van der Waals surface area contributed by atoms with Gasteiger partial charge in [-0.25, -0.2) is 0 Å². The van der Waals surface area contributed by atoms with Gasteiger partial charge in [0, 0.05) is 7.05 Å². The molecule has 1 N–H and O–H groups in total. The number of benzene rings is 1. The van der Waals surface area contributed by atoms with Gasteiger partial charge >= 0.3 is 0 Å². The number of aromatic nitrogens is 1. The van der Waals surface area contributed by atoms with E-state index in [9.17, 15) is 0 Å². The first-order chi connectivity index (χ1) is 5.81. The van der Waals surface area contributed by atoms with Crippen molar-refractivity contribution in [3.63, 3.8) is 0 Å². The molecule has 3 nitrogen and oxygen atoms in total. The topological polar surface area (TPSA) is 38.1 Å². The predicted octanol–water partition coefficient (Wildman–Crippen LogP) is 2.18. The van der Waals surface area contributed by atoms with E-state index in [4.69, 9.17) is 4.42 Å². The van der Waals surface area contributed by atoms with E-state index in [-0.39, 0.29) is 0 Å². The minimum atomic E-state index is 0.569. The van der Waals surface area contributed by atoms with Crippen molar-refractivity contribution in [2.45, 2.75) is 6.92 Å². The third kappa shape index (κ3) is 0.942. The molecule has 1 aromatic carbocycles. The zero-order chi connectivity index (χ0) is 8.55. The highest BCUT2D eigenvalue weighted by molar-refractivity contribution is 5.77. The third-order valence-electron chi connectivity index (χ3n) is 1.83. The number of nitrogens with one attached hydrogen (secondary N) is 1. The van der Waals surface area contributed by atoms with E-state index in [0.29, 0.717) is 6.01 Å². The molecular formula is C9H10N2O. The van der Waals surface area contributed by atoms with Crippen molar-refractivity contribution in [1.29, 1.82) is 0 Å². The second-order valence-corrected chi connectivity index (χ2v) is 2.69. The molecule has 0 spiro atoms. The molecule has 1 aromatic heterocycles. The molecular weight excluding hydrogens is 152 g/mol. The quantitative estimate of drug-likeness (QED) is 0.698. The van der Waals surface area contributed by atoms with Gasteiger partial charge in [-0.2, -0.15) is 4.98 Å². The zero-order valence-corrected chi connectivity index (χ0v) is 7.09. The van der Waals surface area contributed by atoms with E-state index in [1.54, 1.807) is 7.05 Å². The summed E-state index contributed by atoms with van der Waals surface area (Å²) < 4.78 is 5.43. The van der Waals surface area contributed by atoms with Gasteiger partial charge < -0.3 is 9.73 Å². The Morgan fingerprint density at radius 3 is 2.92 bits per heavy atom. The largest absolute Gasteiger partial charge is 0.423 e. The Morgan fingerprint density at radius 2 is 2.25 bits per heavy atom.